The van der Waals surface area contributed by atoms with E-state index in [4.69, 9.17) is 9.47 Å². The number of carbonyl (C=O) groups excluding carboxylic acids is 1. The Kier molecular flexibility index (Phi) is 6.69. The second-order valence-electron chi connectivity index (χ2n) is 4.84. The van der Waals surface area contributed by atoms with Crippen LogP contribution in [0.25, 0.3) is 0 Å². The summed E-state index contributed by atoms with van der Waals surface area (Å²) in [4.78, 5) is 16.6. The lowest BCUT2D eigenvalue weighted by Gasteiger charge is -2.09. The number of thioether (sulfide) groups is 1. The van der Waals surface area contributed by atoms with E-state index in [2.05, 4.69) is 10.3 Å². The molecule has 5 nitrogen and oxygen atoms in total. The van der Waals surface area contributed by atoms with Gasteiger partial charge in [-0.15, -0.1) is 11.8 Å². The van der Waals surface area contributed by atoms with E-state index in [0.717, 1.165) is 10.6 Å². The van der Waals surface area contributed by atoms with E-state index in [9.17, 15) is 4.79 Å². The first-order valence-electron chi connectivity index (χ1n) is 7.33. The number of nitrogens with zero attached hydrogens (tertiary/aromatic N) is 1. The van der Waals surface area contributed by atoms with Gasteiger partial charge >= 0.3 is 0 Å². The molecule has 126 valence electrons. The number of hydrogen-bond acceptors (Lipinski definition) is 5. The maximum absolute atomic E-state index is 12.2. The van der Waals surface area contributed by atoms with E-state index < -0.39 is 0 Å². The second-order valence-corrected chi connectivity index (χ2v) is 5.64. The zero-order valence-electron chi connectivity index (χ0n) is 13.9. The Labute approximate surface area is 146 Å². The normalized spacial score (nSPS) is 11.0. The highest BCUT2D eigenvalue weighted by Gasteiger charge is 2.07. The molecule has 0 spiro atoms. The van der Waals surface area contributed by atoms with Crippen molar-refractivity contribution >= 4 is 28.4 Å². The highest BCUT2D eigenvalue weighted by Crippen LogP contribution is 2.25. The Hall–Kier alpha value is -2.47. The van der Waals surface area contributed by atoms with Crippen LogP contribution in [-0.4, -0.2) is 38.0 Å². The van der Waals surface area contributed by atoms with E-state index in [0.29, 0.717) is 17.2 Å². The quantitative estimate of drug-likeness (QED) is 0.644. The average Bonchev–Trinajstić information content (AvgIpc) is 2.62. The smallest absolute Gasteiger partial charge is 0.246 e. The van der Waals surface area contributed by atoms with Gasteiger partial charge in [-0.2, -0.15) is 0 Å². The molecule has 0 heterocycles. The molecule has 0 bridgehead atoms. The molecule has 0 unspecified atom stereocenters. The molecular formula is C18H20N2O3S. The Morgan fingerprint density at radius 1 is 1.08 bits per heavy atom. The first kappa shape index (κ1) is 17.9. The van der Waals surface area contributed by atoms with Gasteiger partial charge < -0.3 is 14.8 Å². The van der Waals surface area contributed by atoms with Crippen LogP contribution in [0.5, 0.6) is 11.5 Å². The number of benzene rings is 2. The van der Waals surface area contributed by atoms with Gasteiger partial charge in [0.25, 0.3) is 0 Å². The van der Waals surface area contributed by atoms with Crippen LogP contribution in [0.4, 0.5) is 5.69 Å². The standard InChI is InChI=1S/C18H20N2O3S/c1-22-15-9-14(10-16(11-15)23-2)20-17(21)12-19-18(24-3)13-7-5-4-6-8-13/h4-11H,12H2,1-3H3,(H,20,21). The van der Waals surface area contributed by atoms with Crippen LogP contribution in [0.2, 0.25) is 0 Å². The molecule has 0 aliphatic heterocycles. The van der Waals surface area contributed by atoms with Crippen LogP contribution < -0.4 is 14.8 Å². The number of anilines is 1. The summed E-state index contributed by atoms with van der Waals surface area (Å²) in [5.74, 6) is 1.03. The van der Waals surface area contributed by atoms with Crippen molar-refractivity contribution in [2.45, 2.75) is 0 Å². The summed E-state index contributed by atoms with van der Waals surface area (Å²) in [6, 6.07) is 15.0. The minimum Gasteiger partial charge on any atom is -0.497 e. The molecule has 0 saturated carbocycles. The minimum atomic E-state index is -0.201. The summed E-state index contributed by atoms with van der Waals surface area (Å²) < 4.78 is 10.4. The third-order valence-corrected chi connectivity index (χ3v) is 3.97. The highest BCUT2D eigenvalue weighted by atomic mass is 32.2. The van der Waals surface area contributed by atoms with E-state index in [1.54, 1.807) is 32.4 Å². The number of aliphatic imine (C=N–C) groups is 1. The summed E-state index contributed by atoms with van der Waals surface area (Å²) in [6.07, 6.45) is 1.94. The molecule has 1 N–H and O–H groups in total. The van der Waals surface area contributed by atoms with Crippen LogP contribution in [0.1, 0.15) is 5.56 Å². The van der Waals surface area contributed by atoms with Crippen molar-refractivity contribution in [1.82, 2.24) is 0 Å². The minimum absolute atomic E-state index is 0.0462. The van der Waals surface area contributed by atoms with E-state index in [1.807, 2.05) is 36.6 Å². The fourth-order valence-corrected chi connectivity index (χ4v) is 2.64. The number of nitrogens with one attached hydrogen (secondary N) is 1. The molecule has 2 aromatic carbocycles. The predicted molar refractivity (Wildman–Crippen MR) is 99.5 cm³/mol. The Bertz CT molecular complexity index is 695. The number of hydrogen-bond donors (Lipinski definition) is 1. The van der Waals surface area contributed by atoms with Gasteiger partial charge in [0.15, 0.2) is 0 Å². The van der Waals surface area contributed by atoms with Crippen molar-refractivity contribution in [3.8, 4) is 11.5 Å². The van der Waals surface area contributed by atoms with E-state index in [-0.39, 0.29) is 12.5 Å². The second kappa shape index (κ2) is 8.98. The van der Waals surface area contributed by atoms with E-state index in [1.165, 1.54) is 11.8 Å². The summed E-state index contributed by atoms with van der Waals surface area (Å²) in [6.45, 7) is 0.0462. The lowest BCUT2D eigenvalue weighted by atomic mass is 10.2. The fourth-order valence-electron chi connectivity index (χ4n) is 2.08. The number of amides is 1. The lowest BCUT2D eigenvalue weighted by molar-refractivity contribution is -0.114. The molecule has 0 atom stereocenters. The Balaban J connectivity index is 2.06. The van der Waals surface area contributed by atoms with Gasteiger partial charge in [-0.25, -0.2) is 0 Å². The number of rotatable bonds is 6. The molecule has 0 saturated heterocycles. The van der Waals surface area contributed by atoms with E-state index >= 15 is 0 Å². The fraction of sp³-hybridized carbons (Fsp3) is 0.222. The summed E-state index contributed by atoms with van der Waals surface area (Å²) >= 11 is 1.51. The average molecular weight is 344 g/mol. The summed E-state index contributed by atoms with van der Waals surface area (Å²) in [5, 5.41) is 3.63. The number of ether oxygens (including phenoxy) is 2. The third-order valence-electron chi connectivity index (χ3n) is 3.22. The molecule has 2 rings (SSSR count). The molecule has 2 aromatic rings. The van der Waals surface area contributed by atoms with Crippen molar-refractivity contribution in [2.75, 3.05) is 32.3 Å². The molecule has 6 heteroatoms. The molecule has 0 aromatic heterocycles. The number of carbonyl (C=O) groups is 1. The SMILES string of the molecule is COc1cc(NC(=O)CN=C(SC)c2ccccc2)cc(OC)c1. The number of methoxy groups -OCH3 is 2. The molecule has 24 heavy (non-hydrogen) atoms. The molecule has 0 radical (unpaired) electrons. The maximum Gasteiger partial charge on any atom is 0.246 e. The third kappa shape index (κ3) is 5.03. The first-order valence-corrected chi connectivity index (χ1v) is 8.55. The van der Waals surface area contributed by atoms with Gasteiger partial charge in [0.2, 0.25) is 5.91 Å². The van der Waals surface area contributed by atoms with Crippen molar-refractivity contribution in [3.63, 3.8) is 0 Å². The van der Waals surface area contributed by atoms with Crippen molar-refractivity contribution in [1.29, 1.82) is 0 Å². The predicted octanol–water partition coefficient (Wildman–Crippen LogP) is 3.45. The monoisotopic (exact) mass is 344 g/mol. The van der Waals surface area contributed by atoms with Crippen molar-refractivity contribution < 1.29 is 14.3 Å². The van der Waals surface area contributed by atoms with Gasteiger partial charge in [-0.05, 0) is 6.26 Å². The van der Waals surface area contributed by atoms with Gasteiger partial charge in [0.1, 0.15) is 18.0 Å². The zero-order chi connectivity index (χ0) is 17.4. The van der Waals surface area contributed by atoms with Crippen LogP contribution >= 0.6 is 11.8 Å². The van der Waals surface area contributed by atoms with Gasteiger partial charge in [-0.1, -0.05) is 30.3 Å². The molecular weight excluding hydrogens is 324 g/mol. The lowest BCUT2D eigenvalue weighted by Crippen LogP contribution is -2.16. The van der Waals surface area contributed by atoms with Gasteiger partial charge in [0.05, 0.1) is 19.3 Å². The molecule has 0 aliphatic rings. The van der Waals surface area contributed by atoms with Gasteiger partial charge in [-0.3, -0.25) is 9.79 Å². The van der Waals surface area contributed by atoms with Gasteiger partial charge in [0, 0.05) is 29.4 Å². The summed E-state index contributed by atoms with van der Waals surface area (Å²) in [7, 11) is 3.13. The molecule has 1 amide bonds. The zero-order valence-corrected chi connectivity index (χ0v) is 14.7. The van der Waals surface area contributed by atoms with Crippen molar-refractivity contribution in [2.24, 2.45) is 4.99 Å². The molecule has 0 fully saturated rings. The maximum atomic E-state index is 12.2. The largest absolute Gasteiger partial charge is 0.497 e. The van der Waals surface area contributed by atoms with Crippen LogP contribution in [-0.2, 0) is 4.79 Å². The van der Waals surface area contributed by atoms with Crippen LogP contribution in [0.3, 0.4) is 0 Å². The topological polar surface area (TPSA) is 59.9 Å². The highest BCUT2D eigenvalue weighted by molar-refractivity contribution is 8.13. The Morgan fingerprint density at radius 3 is 2.25 bits per heavy atom. The summed E-state index contributed by atoms with van der Waals surface area (Å²) in [5.41, 5.74) is 1.61. The first-order chi connectivity index (χ1) is 11.7. The van der Waals surface area contributed by atoms with Crippen molar-refractivity contribution in [3.05, 3.63) is 54.1 Å². The molecule has 0 aliphatic carbocycles. The van der Waals surface area contributed by atoms with Crippen LogP contribution in [0.15, 0.2) is 53.5 Å². The Morgan fingerprint density at radius 2 is 1.71 bits per heavy atom. The van der Waals surface area contributed by atoms with Crippen LogP contribution in [0, 0.1) is 0 Å².